The molecule has 48 heavy (non-hydrogen) atoms. The highest BCUT2D eigenvalue weighted by Gasteiger charge is 2.45. The number of halogens is 2. The minimum atomic E-state index is -0.806. The van der Waals surface area contributed by atoms with E-state index in [1.54, 1.807) is 31.3 Å². The van der Waals surface area contributed by atoms with Crippen LogP contribution in [0, 0.1) is 0 Å². The summed E-state index contributed by atoms with van der Waals surface area (Å²) >= 11 is 9.78. The van der Waals surface area contributed by atoms with Gasteiger partial charge in [0.1, 0.15) is 11.4 Å². The van der Waals surface area contributed by atoms with Gasteiger partial charge in [-0.25, -0.2) is 28.5 Å². The summed E-state index contributed by atoms with van der Waals surface area (Å²) in [4.78, 5) is 72.4. The number of aromatic hydroxyl groups is 1. The summed E-state index contributed by atoms with van der Waals surface area (Å²) in [5.41, 5.74) is 1.07. The van der Waals surface area contributed by atoms with Crippen molar-refractivity contribution in [3.05, 3.63) is 111 Å². The second-order valence-electron chi connectivity index (χ2n) is 11.7. The summed E-state index contributed by atoms with van der Waals surface area (Å²) in [5.74, 6) is -0.794. The number of phenolic OH excluding ortho intramolecular Hbond substituents is 1. The number of methoxy groups -OCH3 is 2. The first kappa shape index (κ1) is 31.6. The Morgan fingerprint density at radius 1 is 1.04 bits per heavy atom. The second-order valence-corrected chi connectivity index (χ2v) is 12.9. The number of rotatable bonds is 6. The van der Waals surface area contributed by atoms with Gasteiger partial charge in [-0.2, -0.15) is 0 Å². The van der Waals surface area contributed by atoms with Crippen molar-refractivity contribution in [2.45, 2.75) is 37.9 Å². The van der Waals surface area contributed by atoms with Gasteiger partial charge in [0, 0.05) is 66.7 Å². The van der Waals surface area contributed by atoms with Crippen LogP contribution in [-0.2, 0) is 36.1 Å². The predicted molar refractivity (Wildman–Crippen MR) is 178 cm³/mol. The Kier molecular flexibility index (Phi) is 7.67. The fraction of sp³-hybridized carbons (Fsp3) is 0.273. The van der Waals surface area contributed by atoms with E-state index in [0.29, 0.717) is 33.7 Å². The van der Waals surface area contributed by atoms with Crippen molar-refractivity contribution in [1.82, 2.24) is 23.5 Å². The van der Waals surface area contributed by atoms with Crippen LogP contribution in [0.5, 0.6) is 17.2 Å². The van der Waals surface area contributed by atoms with E-state index in [1.807, 2.05) is 0 Å². The number of hydrogen-bond donors (Lipinski definition) is 1. The van der Waals surface area contributed by atoms with E-state index in [4.69, 9.17) is 21.1 Å². The quantitative estimate of drug-likeness (QED) is 0.232. The largest absolute Gasteiger partial charge is 0.508 e. The monoisotopic (exact) mass is 735 g/mol. The van der Waals surface area contributed by atoms with E-state index >= 15 is 0 Å². The molecule has 246 valence electrons. The van der Waals surface area contributed by atoms with Gasteiger partial charge < -0.3 is 19.1 Å². The number of aryl methyl sites for hydroxylation is 2. The highest BCUT2D eigenvalue weighted by molar-refractivity contribution is 9.12. The molecule has 0 radical (unpaired) electrons. The standard InChI is InChI=1S/C33H27BrClN5O8/c1-37-24-14-27(48-3)26(47-2)13-22(24)36-21(31(37)44)7-8-38-32(45)39-9-6-17-23(40(39)33(38)46)11-18-29(25(42)12-19(34)30(18)43)28(17)16-5-4-15(41)10-20(16)35/h4-6,10,12-14,23,28,41H,7-9,11H2,1-3H3. The number of hydrogen-bond acceptors (Lipinski definition) is 9. The third-order valence-corrected chi connectivity index (χ3v) is 10.1. The second kappa shape index (κ2) is 11.6. The number of carbonyl (C=O) groups is 2. The number of benzene rings is 2. The third-order valence-electron chi connectivity index (χ3n) is 9.19. The molecule has 2 atom stereocenters. The SMILES string of the molecule is COc1cc2nc(CCn3c(=O)n4n(c3=O)C3CC5=C(C(=O)C=C(Br)C5=O)C(c5ccc(O)cc5Cl)C3=CC4)c(=O)n(C)c2cc1OC. The first-order valence-electron chi connectivity index (χ1n) is 14.9. The molecule has 7 rings (SSSR count). The van der Waals surface area contributed by atoms with Gasteiger partial charge in [-0.3, -0.25) is 14.4 Å². The van der Waals surface area contributed by atoms with Crippen molar-refractivity contribution >= 4 is 50.1 Å². The van der Waals surface area contributed by atoms with Crippen molar-refractivity contribution in [2.75, 3.05) is 14.2 Å². The maximum atomic E-state index is 14.0. The minimum absolute atomic E-state index is 0.0116. The lowest BCUT2D eigenvalue weighted by molar-refractivity contribution is -0.115. The number of ketones is 2. The van der Waals surface area contributed by atoms with Crippen LogP contribution in [0.25, 0.3) is 11.0 Å². The zero-order valence-corrected chi connectivity index (χ0v) is 28.2. The maximum Gasteiger partial charge on any atom is 0.347 e. The molecule has 2 aromatic heterocycles. The lowest BCUT2D eigenvalue weighted by Gasteiger charge is -2.39. The zero-order chi connectivity index (χ0) is 34.2. The smallest absolute Gasteiger partial charge is 0.347 e. The Hall–Kier alpha value is -4.95. The normalized spacial score (nSPS) is 18.7. The Bertz CT molecular complexity index is 2400. The summed E-state index contributed by atoms with van der Waals surface area (Å²) in [6.07, 6.45) is 2.97. The van der Waals surface area contributed by atoms with Crippen molar-refractivity contribution in [1.29, 1.82) is 0 Å². The Morgan fingerprint density at radius 2 is 1.77 bits per heavy atom. The van der Waals surface area contributed by atoms with Gasteiger partial charge in [-0.1, -0.05) is 23.7 Å². The van der Waals surface area contributed by atoms with E-state index in [0.717, 1.165) is 4.57 Å². The van der Waals surface area contributed by atoms with Crippen LogP contribution in [0.1, 0.15) is 29.6 Å². The summed E-state index contributed by atoms with van der Waals surface area (Å²) in [5, 5.41) is 10.2. The predicted octanol–water partition coefficient (Wildman–Crippen LogP) is 3.07. The fourth-order valence-electron chi connectivity index (χ4n) is 6.91. The number of aromatic nitrogens is 5. The molecule has 3 heterocycles. The summed E-state index contributed by atoms with van der Waals surface area (Å²) in [6.45, 7) is -0.123. The van der Waals surface area contributed by atoms with Crippen molar-refractivity contribution in [3.8, 4) is 17.2 Å². The van der Waals surface area contributed by atoms with Crippen LogP contribution in [0.2, 0.25) is 5.02 Å². The lowest BCUT2D eigenvalue weighted by Crippen LogP contribution is -2.40. The van der Waals surface area contributed by atoms with Crippen molar-refractivity contribution < 1.29 is 24.2 Å². The average Bonchev–Trinajstić information content (AvgIpc) is 3.31. The van der Waals surface area contributed by atoms with Crippen LogP contribution in [-0.4, -0.2) is 54.4 Å². The topological polar surface area (TPSA) is 157 Å². The molecule has 2 aromatic carbocycles. The summed E-state index contributed by atoms with van der Waals surface area (Å²) in [6, 6.07) is 6.87. The fourth-order valence-corrected chi connectivity index (χ4v) is 7.64. The number of phenols is 1. The van der Waals surface area contributed by atoms with Gasteiger partial charge >= 0.3 is 11.4 Å². The van der Waals surface area contributed by atoms with Crippen LogP contribution in [0.4, 0.5) is 0 Å². The van der Waals surface area contributed by atoms with Crippen LogP contribution >= 0.6 is 27.5 Å². The molecule has 2 unspecified atom stereocenters. The lowest BCUT2D eigenvalue weighted by atomic mass is 9.69. The molecule has 1 N–H and O–H groups in total. The molecule has 0 fully saturated rings. The molecule has 13 nitrogen and oxygen atoms in total. The molecule has 15 heteroatoms. The highest BCUT2D eigenvalue weighted by atomic mass is 79.9. The molecule has 2 aliphatic carbocycles. The molecule has 0 amide bonds. The number of carbonyl (C=O) groups excluding carboxylic acids is 2. The zero-order valence-electron chi connectivity index (χ0n) is 25.8. The van der Waals surface area contributed by atoms with Crippen LogP contribution in [0.15, 0.2) is 78.1 Å². The summed E-state index contributed by atoms with van der Waals surface area (Å²) < 4.78 is 15.9. The molecule has 0 saturated heterocycles. The van der Waals surface area contributed by atoms with Gasteiger partial charge in [0.15, 0.2) is 23.1 Å². The van der Waals surface area contributed by atoms with Crippen LogP contribution < -0.4 is 26.4 Å². The number of ether oxygens (including phenoxy) is 2. The van der Waals surface area contributed by atoms with Crippen molar-refractivity contribution in [2.24, 2.45) is 7.05 Å². The van der Waals surface area contributed by atoms with E-state index in [2.05, 4.69) is 20.9 Å². The van der Waals surface area contributed by atoms with E-state index in [1.165, 1.54) is 46.4 Å². The maximum absolute atomic E-state index is 14.0. The van der Waals surface area contributed by atoms with Gasteiger partial charge in [0.25, 0.3) is 5.56 Å². The van der Waals surface area contributed by atoms with Gasteiger partial charge in [0.2, 0.25) is 0 Å². The molecule has 4 aromatic rings. The molecule has 0 spiro atoms. The number of fused-ring (bicyclic) bond motifs is 4. The molecule has 0 saturated carbocycles. The molecular formula is C33H27BrClN5O8. The Morgan fingerprint density at radius 3 is 2.48 bits per heavy atom. The van der Waals surface area contributed by atoms with E-state index in [-0.39, 0.29) is 63.8 Å². The van der Waals surface area contributed by atoms with Gasteiger partial charge in [0.05, 0.1) is 42.3 Å². The number of allylic oxidation sites excluding steroid dienone is 6. The average molecular weight is 737 g/mol. The number of nitrogens with zero attached hydrogens (tertiary/aromatic N) is 5. The highest BCUT2D eigenvalue weighted by Crippen LogP contribution is 2.51. The first-order valence-corrected chi connectivity index (χ1v) is 16.0. The van der Waals surface area contributed by atoms with Gasteiger partial charge in [-0.05, 0) is 39.2 Å². The first-order chi connectivity index (χ1) is 22.9. The van der Waals surface area contributed by atoms with Gasteiger partial charge in [-0.15, -0.1) is 0 Å². The van der Waals surface area contributed by atoms with Crippen molar-refractivity contribution in [3.63, 3.8) is 0 Å². The molecule has 0 bridgehead atoms. The Labute approximate surface area is 284 Å². The molecular weight excluding hydrogens is 710 g/mol. The molecule has 3 aliphatic rings. The Balaban J connectivity index is 1.30. The molecule has 1 aliphatic heterocycles. The van der Waals surface area contributed by atoms with E-state index in [9.17, 15) is 29.1 Å². The summed E-state index contributed by atoms with van der Waals surface area (Å²) in [7, 11) is 4.58. The van der Waals surface area contributed by atoms with Crippen LogP contribution in [0.3, 0.4) is 0 Å². The van der Waals surface area contributed by atoms with E-state index < -0.39 is 34.7 Å². The third kappa shape index (κ3) is 4.72. The number of Topliss-reactive ketones (excluding diaryl/α,β-unsaturated/α-hetero) is 1. The minimum Gasteiger partial charge on any atom is -0.508 e.